The van der Waals surface area contributed by atoms with Crippen LogP contribution >= 0.6 is 15.9 Å². The molecule has 0 atom stereocenters. The second kappa shape index (κ2) is 11.9. The third-order valence-electron chi connectivity index (χ3n) is 7.40. The number of halogens is 1. The summed E-state index contributed by atoms with van der Waals surface area (Å²) in [4.78, 5) is 13.0. The van der Waals surface area contributed by atoms with E-state index < -0.39 is 0 Å². The van der Waals surface area contributed by atoms with Gasteiger partial charge in [0.25, 0.3) is 5.91 Å². The molecule has 0 fully saturated rings. The van der Waals surface area contributed by atoms with Crippen molar-refractivity contribution in [1.29, 1.82) is 0 Å². The van der Waals surface area contributed by atoms with Crippen molar-refractivity contribution in [2.24, 2.45) is 5.10 Å². The lowest BCUT2D eigenvalue weighted by Gasteiger charge is -2.15. The van der Waals surface area contributed by atoms with Crippen LogP contribution in [0.2, 0.25) is 0 Å². The van der Waals surface area contributed by atoms with Crippen molar-refractivity contribution >= 4 is 28.1 Å². The Balaban J connectivity index is 1.25. The molecule has 5 nitrogen and oxygen atoms in total. The molecule has 2 aromatic heterocycles. The summed E-state index contributed by atoms with van der Waals surface area (Å²) in [6.45, 7) is 4.10. The average Bonchev–Trinajstić information content (AvgIpc) is 3.57. The van der Waals surface area contributed by atoms with Gasteiger partial charge < -0.3 is 9.13 Å². The molecule has 0 saturated carbocycles. The van der Waals surface area contributed by atoms with E-state index in [1.54, 1.807) is 6.21 Å². The number of hydrogen-bond acceptors (Lipinski definition) is 2. The van der Waals surface area contributed by atoms with Crippen LogP contribution in [-0.2, 0) is 0 Å². The quantitative estimate of drug-likeness (QED) is 0.142. The lowest BCUT2D eigenvalue weighted by atomic mass is 10.1. The molecule has 42 heavy (non-hydrogen) atoms. The Kier molecular flexibility index (Phi) is 7.71. The summed E-state index contributed by atoms with van der Waals surface area (Å²) in [5, 5.41) is 4.29. The highest BCUT2D eigenvalue weighted by Crippen LogP contribution is 2.33. The Morgan fingerprint density at radius 3 is 1.69 bits per heavy atom. The lowest BCUT2D eigenvalue weighted by molar-refractivity contribution is 0.0955. The maximum absolute atomic E-state index is 13.0. The van der Waals surface area contributed by atoms with Gasteiger partial charge in [0.05, 0.1) is 17.6 Å². The highest BCUT2D eigenvalue weighted by atomic mass is 79.9. The Hall–Kier alpha value is -4.94. The largest absolute Gasteiger partial charge is 0.317 e. The highest BCUT2D eigenvalue weighted by Gasteiger charge is 2.17. The molecule has 1 N–H and O–H groups in total. The number of hydrazone groups is 1. The van der Waals surface area contributed by atoms with Crippen LogP contribution in [0.25, 0.3) is 33.9 Å². The summed E-state index contributed by atoms with van der Waals surface area (Å²) in [6.07, 6.45) is 1.69. The molecule has 206 valence electrons. The molecule has 0 aliphatic heterocycles. The Morgan fingerprint density at radius 2 is 1.14 bits per heavy atom. The third-order valence-corrected chi connectivity index (χ3v) is 8.40. The second-order valence-electron chi connectivity index (χ2n) is 9.99. The first-order valence-electron chi connectivity index (χ1n) is 13.7. The average molecular weight is 614 g/mol. The van der Waals surface area contributed by atoms with Gasteiger partial charge in [-0.2, -0.15) is 5.10 Å². The maximum atomic E-state index is 13.0. The van der Waals surface area contributed by atoms with Crippen molar-refractivity contribution in [2.45, 2.75) is 13.8 Å². The van der Waals surface area contributed by atoms with Gasteiger partial charge in [-0.25, -0.2) is 5.43 Å². The van der Waals surface area contributed by atoms with Gasteiger partial charge in [-0.15, -0.1) is 0 Å². The van der Waals surface area contributed by atoms with Crippen LogP contribution in [0, 0.1) is 13.8 Å². The van der Waals surface area contributed by atoms with Gasteiger partial charge in [-0.3, -0.25) is 4.79 Å². The van der Waals surface area contributed by atoms with E-state index in [0.717, 1.165) is 55.3 Å². The number of para-hydroxylation sites is 1. The molecule has 0 spiro atoms. The number of nitrogens with one attached hydrogen (secondary N) is 1. The maximum Gasteiger partial charge on any atom is 0.271 e. The van der Waals surface area contributed by atoms with Gasteiger partial charge in [-0.05, 0) is 89.4 Å². The molecule has 0 aliphatic rings. The zero-order chi connectivity index (χ0) is 29.1. The molecule has 6 heteroatoms. The highest BCUT2D eigenvalue weighted by molar-refractivity contribution is 9.10. The van der Waals surface area contributed by atoms with E-state index in [4.69, 9.17) is 0 Å². The SMILES string of the molecule is Cc1c(Br)c(/C=N\NC(=O)c2ccc(-n3c(-c4ccccc4)ccc3-c3ccccc3)cc2)c(C)n1-c1ccccc1. The summed E-state index contributed by atoms with van der Waals surface area (Å²) >= 11 is 3.71. The molecular weight excluding hydrogens is 584 g/mol. The van der Waals surface area contributed by atoms with Crippen LogP contribution in [-0.4, -0.2) is 21.3 Å². The smallest absolute Gasteiger partial charge is 0.271 e. The van der Waals surface area contributed by atoms with Crippen molar-refractivity contribution in [3.63, 3.8) is 0 Å². The summed E-state index contributed by atoms with van der Waals surface area (Å²) < 4.78 is 5.34. The fourth-order valence-corrected chi connectivity index (χ4v) is 5.87. The van der Waals surface area contributed by atoms with Crippen LogP contribution in [0.4, 0.5) is 0 Å². The van der Waals surface area contributed by atoms with Gasteiger partial charge in [0.1, 0.15) is 0 Å². The van der Waals surface area contributed by atoms with Gasteiger partial charge >= 0.3 is 0 Å². The summed E-state index contributed by atoms with van der Waals surface area (Å²) in [5.41, 5.74) is 12.7. The van der Waals surface area contributed by atoms with Crippen LogP contribution < -0.4 is 5.43 Å². The Morgan fingerprint density at radius 1 is 0.643 bits per heavy atom. The zero-order valence-corrected chi connectivity index (χ0v) is 24.9. The molecule has 0 unspecified atom stereocenters. The minimum absolute atomic E-state index is 0.273. The molecule has 0 bridgehead atoms. The Bertz CT molecular complexity index is 1810. The van der Waals surface area contributed by atoms with Crippen LogP contribution in [0.3, 0.4) is 0 Å². The number of carbonyl (C=O) groups is 1. The number of benzene rings is 4. The van der Waals surface area contributed by atoms with E-state index in [9.17, 15) is 4.79 Å². The number of hydrogen-bond donors (Lipinski definition) is 1. The molecule has 6 aromatic rings. The minimum Gasteiger partial charge on any atom is -0.317 e. The predicted octanol–water partition coefficient (Wildman–Crippen LogP) is 8.75. The van der Waals surface area contributed by atoms with Crippen LogP contribution in [0.1, 0.15) is 27.3 Å². The fraction of sp³-hybridized carbons (Fsp3) is 0.0556. The molecule has 1 amide bonds. The van der Waals surface area contributed by atoms with Gasteiger partial charge in [-0.1, -0.05) is 78.9 Å². The van der Waals surface area contributed by atoms with Crippen molar-refractivity contribution < 1.29 is 4.79 Å². The van der Waals surface area contributed by atoms with Crippen molar-refractivity contribution in [2.75, 3.05) is 0 Å². The summed E-state index contributed by atoms with van der Waals surface area (Å²) in [7, 11) is 0. The Labute approximate surface area is 253 Å². The number of rotatable bonds is 7. The van der Waals surface area contributed by atoms with Crippen molar-refractivity contribution in [1.82, 2.24) is 14.6 Å². The van der Waals surface area contributed by atoms with Crippen LogP contribution in [0.15, 0.2) is 137 Å². The number of nitrogens with zero attached hydrogens (tertiary/aromatic N) is 3. The fourth-order valence-electron chi connectivity index (χ4n) is 5.30. The normalized spacial score (nSPS) is 11.2. The van der Waals surface area contributed by atoms with E-state index in [1.807, 2.05) is 85.8 Å². The molecule has 0 aliphatic carbocycles. The first-order chi connectivity index (χ1) is 20.5. The van der Waals surface area contributed by atoms with Gasteiger partial charge in [0, 0.05) is 38.4 Å². The van der Waals surface area contributed by atoms with Crippen molar-refractivity contribution in [3.05, 3.63) is 154 Å². The van der Waals surface area contributed by atoms with E-state index in [1.165, 1.54) is 0 Å². The second-order valence-corrected chi connectivity index (χ2v) is 10.8. The summed E-state index contributed by atoms with van der Waals surface area (Å²) in [6, 6.07) is 42.7. The molecule has 2 heterocycles. The number of carbonyl (C=O) groups excluding carboxylic acids is 1. The van der Waals surface area contributed by atoms with Gasteiger partial charge in [0.15, 0.2) is 0 Å². The van der Waals surface area contributed by atoms with Crippen LogP contribution in [0.5, 0.6) is 0 Å². The molecule has 0 saturated heterocycles. The summed E-state index contributed by atoms with van der Waals surface area (Å²) in [5.74, 6) is -0.273. The van der Waals surface area contributed by atoms with E-state index in [-0.39, 0.29) is 5.91 Å². The van der Waals surface area contributed by atoms with Gasteiger partial charge in [0.2, 0.25) is 0 Å². The molecule has 4 aromatic carbocycles. The monoisotopic (exact) mass is 612 g/mol. The third kappa shape index (κ3) is 5.24. The molecule has 0 radical (unpaired) electrons. The number of aromatic nitrogens is 2. The van der Waals surface area contributed by atoms with E-state index >= 15 is 0 Å². The zero-order valence-electron chi connectivity index (χ0n) is 23.3. The lowest BCUT2D eigenvalue weighted by Crippen LogP contribution is -2.17. The van der Waals surface area contributed by atoms with E-state index in [2.05, 4.69) is 91.0 Å². The molecule has 6 rings (SSSR count). The topological polar surface area (TPSA) is 51.3 Å². The van der Waals surface area contributed by atoms with Crippen molar-refractivity contribution in [3.8, 4) is 33.9 Å². The predicted molar refractivity (Wildman–Crippen MR) is 175 cm³/mol. The first kappa shape index (κ1) is 27.2. The van der Waals surface area contributed by atoms with E-state index in [0.29, 0.717) is 5.56 Å². The molecular formula is C36H29BrN4O. The number of amides is 1. The standard InChI is InChI=1S/C36H29BrN4O/c1-25-32(35(37)26(2)40(25)30-16-10-5-11-17-30)24-38-39-36(42)29-18-20-31(21-19-29)41-33(27-12-6-3-7-13-27)22-23-34(41)28-14-8-4-9-15-28/h3-24H,1-2H3,(H,39,42)/b38-24-. The minimum atomic E-state index is -0.273. The first-order valence-corrected chi connectivity index (χ1v) is 14.5.